The zero-order valence-corrected chi connectivity index (χ0v) is 16.3. The van der Waals surface area contributed by atoms with Crippen molar-refractivity contribution < 1.29 is 9.59 Å². The Bertz CT molecular complexity index is 1010. The van der Waals surface area contributed by atoms with Crippen LogP contribution in [0.2, 0.25) is 0 Å². The Balaban J connectivity index is 1.39. The van der Waals surface area contributed by atoms with Gasteiger partial charge in [-0.05, 0) is 49.4 Å². The minimum absolute atomic E-state index is 0.0287. The number of benzene rings is 2. The molecule has 5 heteroatoms. The molecular weight excluding hydrogens is 362 g/mol. The van der Waals surface area contributed by atoms with E-state index >= 15 is 0 Å². The predicted octanol–water partition coefficient (Wildman–Crippen LogP) is 3.35. The van der Waals surface area contributed by atoms with Crippen molar-refractivity contribution in [1.82, 2.24) is 9.80 Å². The quantitative estimate of drug-likeness (QED) is 0.814. The highest BCUT2D eigenvalue weighted by Gasteiger charge is 2.63. The van der Waals surface area contributed by atoms with Crippen LogP contribution in [0.15, 0.2) is 54.6 Å². The summed E-state index contributed by atoms with van der Waals surface area (Å²) in [5, 5.41) is 9.15. The maximum absolute atomic E-state index is 13.5. The van der Waals surface area contributed by atoms with Gasteiger partial charge in [0.1, 0.15) is 0 Å². The molecular formula is C24H23N3O2. The van der Waals surface area contributed by atoms with E-state index in [4.69, 9.17) is 5.26 Å². The summed E-state index contributed by atoms with van der Waals surface area (Å²) >= 11 is 0. The molecule has 3 aliphatic heterocycles. The van der Waals surface area contributed by atoms with Crippen LogP contribution in [0.5, 0.6) is 0 Å². The first-order valence-corrected chi connectivity index (χ1v) is 10.3. The van der Waals surface area contributed by atoms with Gasteiger partial charge >= 0.3 is 0 Å². The topological polar surface area (TPSA) is 64.4 Å². The zero-order valence-electron chi connectivity index (χ0n) is 16.3. The molecule has 5 nitrogen and oxygen atoms in total. The van der Waals surface area contributed by atoms with Crippen LogP contribution in [-0.4, -0.2) is 40.2 Å². The van der Waals surface area contributed by atoms with Crippen molar-refractivity contribution in [2.45, 2.75) is 44.3 Å². The van der Waals surface area contributed by atoms with Gasteiger partial charge in [-0.15, -0.1) is 0 Å². The van der Waals surface area contributed by atoms with E-state index in [9.17, 15) is 9.59 Å². The van der Waals surface area contributed by atoms with Gasteiger partial charge in [-0.3, -0.25) is 9.59 Å². The molecule has 2 amide bonds. The van der Waals surface area contributed by atoms with Gasteiger partial charge in [0.2, 0.25) is 5.91 Å². The molecule has 0 radical (unpaired) electrons. The Morgan fingerprint density at radius 2 is 1.97 bits per heavy atom. The summed E-state index contributed by atoms with van der Waals surface area (Å²) in [7, 11) is 0. The molecule has 0 saturated carbocycles. The van der Waals surface area contributed by atoms with Crippen molar-refractivity contribution in [3.63, 3.8) is 0 Å². The van der Waals surface area contributed by atoms with Crippen LogP contribution in [0.3, 0.4) is 0 Å². The Morgan fingerprint density at radius 1 is 1.14 bits per heavy atom. The van der Waals surface area contributed by atoms with E-state index in [0.717, 1.165) is 37.8 Å². The van der Waals surface area contributed by atoms with Crippen LogP contribution < -0.4 is 0 Å². The first-order valence-electron chi connectivity index (χ1n) is 10.3. The smallest absolute Gasteiger partial charge is 0.254 e. The summed E-state index contributed by atoms with van der Waals surface area (Å²) in [5.74, 6) is 0.165. The third-order valence-corrected chi connectivity index (χ3v) is 6.97. The average Bonchev–Trinajstić information content (AvgIpc) is 3.41. The van der Waals surface area contributed by atoms with E-state index in [1.807, 2.05) is 28.0 Å². The molecule has 2 aromatic carbocycles. The third-order valence-electron chi connectivity index (χ3n) is 6.97. The molecule has 3 fully saturated rings. The molecule has 29 heavy (non-hydrogen) atoms. The second kappa shape index (κ2) is 6.73. The lowest BCUT2D eigenvalue weighted by Gasteiger charge is -2.32. The number of carbonyl (C=O) groups excluding carboxylic acids is 2. The normalized spacial score (nSPS) is 27.6. The number of hydrogen-bond acceptors (Lipinski definition) is 3. The molecule has 0 N–H and O–H groups in total. The Hall–Kier alpha value is -3.13. The van der Waals surface area contributed by atoms with E-state index in [1.54, 1.807) is 24.3 Å². The van der Waals surface area contributed by atoms with Gasteiger partial charge in [0.05, 0.1) is 17.0 Å². The summed E-state index contributed by atoms with van der Waals surface area (Å²) in [4.78, 5) is 30.7. The number of amides is 2. The van der Waals surface area contributed by atoms with E-state index in [0.29, 0.717) is 17.7 Å². The lowest BCUT2D eigenvalue weighted by atomic mass is 9.72. The molecule has 1 spiro atoms. The van der Waals surface area contributed by atoms with E-state index in [-0.39, 0.29) is 23.9 Å². The number of carbonyl (C=O) groups is 2. The van der Waals surface area contributed by atoms with Gasteiger partial charge in [-0.2, -0.15) is 5.26 Å². The van der Waals surface area contributed by atoms with Crippen LogP contribution in [0.4, 0.5) is 0 Å². The summed E-state index contributed by atoms with van der Waals surface area (Å²) in [6, 6.07) is 19.2. The Labute approximate surface area is 170 Å². The fourth-order valence-electron chi connectivity index (χ4n) is 5.67. The molecule has 0 aromatic heterocycles. The van der Waals surface area contributed by atoms with Crippen molar-refractivity contribution in [2.24, 2.45) is 5.41 Å². The molecule has 3 atom stereocenters. The number of fused-ring (bicyclic) bond motifs is 3. The van der Waals surface area contributed by atoms with E-state index in [1.165, 1.54) is 0 Å². The average molecular weight is 385 g/mol. The van der Waals surface area contributed by atoms with Gasteiger partial charge in [0.25, 0.3) is 5.91 Å². The molecule has 0 unspecified atom stereocenters. The number of nitrogens with zero attached hydrogens (tertiary/aromatic N) is 3. The van der Waals surface area contributed by atoms with Crippen LogP contribution >= 0.6 is 0 Å². The summed E-state index contributed by atoms with van der Waals surface area (Å²) in [6.45, 7) is 1.39. The first kappa shape index (κ1) is 17.9. The summed E-state index contributed by atoms with van der Waals surface area (Å²) in [5.41, 5.74) is 1.75. The van der Waals surface area contributed by atoms with Gasteiger partial charge in [0, 0.05) is 30.7 Å². The number of hydrogen-bond donors (Lipinski definition) is 0. The van der Waals surface area contributed by atoms with Crippen LogP contribution in [-0.2, 0) is 11.3 Å². The largest absolute Gasteiger partial charge is 0.338 e. The Kier molecular flexibility index (Phi) is 4.16. The molecule has 2 bridgehead atoms. The highest BCUT2D eigenvalue weighted by Crippen LogP contribution is 2.55. The molecule has 2 aromatic rings. The van der Waals surface area contributed by atoms with Crippen molar-refractivity contribution in [3.8, 4) is 6.07 Å². The molecule has 0 aliphatic carbocycles. The fraction of sp³-hybridized carbons (Fsp3) is 0.375. The lowest BCUT2D eigenvalue weighted by Crippen LogP contribution is -2.45. The lowest BCUT2D eigenvalue weighted by molar-refractivity contribution is -0.137. The molecule has 146 valence electrons. The van der Waals surface area contributed by atoms with Crippen LogP contribution in [0.1, 0.15) is 47.2 Å². The number of nitriles is 1. The highest BCUT2D eigenvalue weighted by molar-refractivity contribution is 5.97. The zero-order chi connectivity index (χ0) is 20.0. The van der Waals surface area contributed by atoms with Gasteiger partial charge in [0.15, 0.2) is 0 Å². The second-order valence-electron chi connectivity index (χ2n) is 8.47. The standard InChI is InChI=1S/C24H23N3O2/c25-15-18-7-4-8-19(13-18)22(28)27-20-9-10-21(27)24(14-20)11-12-26(23(24)29)16-17-5-2-1-3-6-17/h1-8,13,20-21H,9-12,14,16H2/t20-,21-,24+/m0/s1. The van der Waals surface area contributed by atoms with Crippen molar-refractivity contribution in [1.29, 1.82) is 5.26 Å². The van der Waals surface area contributed by atoms with Gasteiger partial charge in [-0.25, -0.2) is 0 Å². The fourth-order valence-corrected chi connectivity index (χ4v) is 5.67. The molecule has 3 aliphatic rings. The molecule has 3 heterocycles. The molecule has 5 rings (SSSR count). The van der Waals surface area contributed by atoms with Crippen molar-refractivity contribution in [3.05, 3.63) is 71.3 Å². The van der Waals surface area contributed by atoms with Crippen molar-refractivity contribution in [2.75, 3.05) is 6.54 Å². The summed E-state index contributed by atoms with van der Waals surface area (Å²) < 4.78 is 0. The highest BCUT2D eigenvalue weighted by atomic mass is 16.2. The van der Waals surface area contributed by atoms with E-state index < -0.39 is 5.41 Å². The monoisotopic (exact) mass is 385 g/mol. The minimum Gasteiger partial charge on any atom is -0.338 e. The number of rotatable bonds is 3. The maximum atomic E-state index is 13.5. The number of likely N-dealkylation sites (tertiary alicyclic amines) is 1. The SMILES string of the molecule is N#Cc1cccc(C(=O)N2[C@H]3CC[C@H]2[C@@]2(CCN(Cc4ccccc4)C2=O)C3)c1. The van der Waals surface area contributed by atoms with E-state index in [2.05, 4.69) is 18.2 Å². The minimum atomic E-state index is -0.430. The predicted molar refractivity (Wildman–Crippen MR) is 108 cm³/mol. The second-order valence-corrected chi connectivity index (χ2v) is 8.47. The van der Waals surface area contributed by atoms with Gasteiger partial charge < -0.3 is 9.80 Å². The van der Waals surface area contributed by atoms with Crippen molar-refractivity contribution >= 4 is 11.8 Å². The Morgan fingerprint density at radius 3 is 2.76 bits per heavy atom. The summed E-state index contributed by atoms with van der Waals surface area (Å²) in [6.07, 6.45) is 3.44. The van der Waals surface area contributed by atoms with Crippen LogP contribution in [0, 0.1) is 16.7 Å². The van der Waals surface area contributed by atoms with Crippen LogP contribution in [0.25, 0.3) is 0 Å². The maximum Gasteiger partial charge on any atom is 0.254 e. The first-order chi connectivity index (χ1) is 14.1. The molecule has 3 saturated heterocycles. The third kappa shape index (κ3) is 2.74. The van der Waals surface area contributed by atoms with Gasteiger partial charge in [-0.1, -0.05) is 36.4 Å².